The molecule has 69 heavy (non-hydrogen) atoms. The maximum Gasteiger partial charge on any atom is 0.245 e. The van der Waals surface area contributed by atoms with Crippen molar-refractivity contribution in [3.05, 3.63) is 94.2 Å². The fraction of sp³-hybridized carbons (Fsp3) is 0.435. The van der Waals surface area contributed by atoms with E-state index in [0.29, 0.717) is 12.0 Å². The molecule has 2 aromatic carbocycles. The number of guanidine groups is 2. The predicted molar refractivity (Wildman–Crippen MR) is 260 cm³/mol. The average molecular weight is 973 g/mol. The number of nitrogens with zero attached hydrogens (tertiary/aromatic N) is 4. The molecule has 372 valence electrons. The number of nitrogens with one attached hydrogen (secondary N) is 4. The molecule has 3 aromatic rings. The van der Waals surface area contributed by atoms with Gasteiger partial charge in [-0.2, -0.15) is 0 Å². The Hall–Kier alpha value is -7.56. The molecule has 0 saturated carbocycles. The van der Waals surface area contributed by atoms with Crippen LogP contribution in [0.15, 0.2) is 88.2 Å². The van der Waals surface area contributed by atoms with Crippen molar-refractivity contribution in [2.24, 2.45) is 44.4 Å². The van der Waals surface area contributed by atoms with Gasteiger partial charge in [0, 0.05) is 44.4 Å². The van der Waals surface area contributed by atoms with E-state index in [0.717, 1.165) is 10.4 Å². The van der Waals surface area contributed by atoms with E-state index in [4.69, 9.17) is 34.4 Å². The number of nitrogens with two attached hydrogens (primary N) is 6. The summed E-state index contributed by atoms with van der Waals surface area (Å²) in [5.74, 6) is -6.11. The zero-order chi connectivity index (χ0) is 50.5. The minimum absolute atomic E-state index is 0.00959. The van der Waals surface area contributed by atoms with Crippen molar-refractivity contribution in [3.63, 3.8) is 0 Å². The van der Waals surface area contributed by atoms with Gasteiger partial charge in [0.15, 0.2) is 11.9 Å². The van der Waals surface area contributed by atoms with E-state index in [9.17, 15) is 38.4 Å². The number of hydrogen-bond acceptors (Lipinski definition) is 11. The van der Waals surface area contributed by atoms with Crippen molar-refractivity contribution in [2.45, 2.75) is 100 Å². The summed E-state index contributed by atoms with van der Waals surface area (Å²) >= 11 is 1.42. The fourth-order valence-electron chi connectivity index (χ4n) is 7.70. The Balaban J connectivity index is 1.62. The number of amides is 8. The number of rotatable bonds is 27. The average Bonchev–Trinajstić information content (AvgIpc) is 4.03. The number of carbonyl (C=O) groups is 8. The first-order chi connectivity index (χ1) is 32.9. The van der Waals surface area contributed by atoms with Gasteiger partial charge in [0.1, 0.15) is 36.3 Å². The van der Waals surface area contributed by atoms with E-state index < -0.39 is 84.0 Å². The summed E-state index contributed by atoms with van der Waals surface area (Å²) in [5.41, 5.74) is 34.2. The van der Waals surface area contributed by atoms with Crippen molar-refractivity contribution in [1.82, 2.24) is 31.1 Å². The first-order valence-electron chi connectivity index (χ1n) is 22.5. The Morgan fingerprint density at radius 1 is 0.681 bits per heavy atom. The zero-order valence-electron chi connectivity index (χ0n) is 38.6. The highest BCUT2D eigenvalue weighted by Crippen LogP contribution is 2.21. The zero-order valence-corrected chi connectivity index (χ0v) is 39.4. The number of hydrogen-bond donors (Lipinski definition) is 10. The molecule has 2 heterocycles. The van der Waals surface area contributed by atoms with Crippen LogP contribution in [0, 0.1) is 0 Å². The molecule has 1 aliphatic heterocycles. The highest BCUT2D eigenvalue weighted by atomic mass is 32.1. The SMILES string of the molecule is CN(C(=O)Cc1cccs1)[C@@H](Cc1ccccc1)C(=O)N[C@@H](Cc1ccccc1)C(=O)N[C@@H](CCCN=C(N)N)C(=O)N1CCC[C@H]1C(=O)N[C@@H](CCCN=C(N)N)C(=O)N[C@@H](CC(N)=O)C(N)=O. The molecule has 8 amide bonds. The van der Waals surface area contributed by atoms with Crippen molar-refractivity contribution in [3.8, 4) is 0 Å². The van der Waals surface area contributed by atoms with Gasteiger partial charge in [-0.25, -0.2) is 0 Å². The molecule has 1 saturated heterocycles. The quantitative estimate of drug-likeness (QED) is 0.0225. The lowest BCUT2D eigenvalue weighted by Gasteiger charge is -2.32. The molecule has 1 aromatic heterocycles. The van der Waals surface area contributed by atoms with Crippen LogP contribution in [0.5, 0.6) is 0 Å². The van der Waals surface area contributed by atoms with Crippen LogP contribution in [0.3, 0.4) is 0 Å². The van der Waals surface area contributed by atoms with Crippen molar-refractivity contribution < 1.29 is 38.4 Å². The summed E-state index contributed by atoms with van der Waals surface area (Å²) in [7, 11) is 1.55. The molecule has 6 atom stereocenters. The summed E-state index contributed by atoms with van der Waals surface area (Å²) in [6.45, 7) is 0.293. The van der Waals surface area contributed by atoms with Gasteiger partial charge in [0.2, 0.25) is 47.3 Å². The Morgan fingerprint density at radius 2 is 1.23 bits per heavy atom. The molecule has 0 aliphatic carbocycles. The van der Waals surface area contributed by atoms with E-state index in [1.807, 2.05) is 47.8 Å². The number of likely N-dealkylation sites (N-methyl/N-ethyl adjacent to an activating group) is 1. The minimum atomic E-state index is -1.47. The Kier molecular flexibility index (Phi) is 21.4. The van der Waals surface area contributed by atoms with E-state index in [-0.39, 0.29) is 88.8 Å². The van der Waals surface area contributed by atoms with Crippen LogP contribution in [0.4, 0.5) is 0 Å². The van der Waals surface area contributed by atoms with Gasteiger partial charge in [0.25, 0.3) is 0 Å². The predicted octanol–water partition coefficient (Wildman–Crippen LogP) is -2.00. The van der Waals surface area contributed by atoms with Gasteiger partial charge in [-0.05, 0) is 61.1 Å². The number of aliphatic imine (C=N–C) groups is 2. The summed E-state index contributed by atoms with van der Waals surface area (Å²) in [4.78, 5) is 120. The standard InChI is InChI=1S/C46H64N14O8S/c1-59(38(62)26-30-16-11-23-69-30)36(25-29-14-6-3-7-15-29)43(67)58-34(24-28-12-4-2-5-13-28)41(65)56-32(18-9-21-54-46(51)52)44(68)60-22-10-19-35(60)42(66)55-31(17-8-20-53-45(49)50)40(64)57-33(39(48)63)27-37(47)61/h2-7,11-16,23,31-36H,8-10,17-22,24-27H2,1H3,(H2,47,61)(H2,48,63)(H,55,66)(H,56,65)(H,57,64)(H,58,67)(H4,49,50,53)(H4,51,52,54)/t31-,32-,33-,34-,35-,36-/m0/s1. The van der Waals surface area contributed by atoms with Gasteiger partial charge in [-0.3, -0.25) is 48.3 Å². The lowest BCUT2D eigenvalue weighted by atomic mass is 10.0. The molecule has 22 nitrogen and oxygen atoms in total. The maximum absolute atomic E-state index is 14.7. The van der Waals surface area contributed by atoms with Gasteiger partial charge in [0.05, 0.1) is 12.8 Å². The number of thiophene rings is 1. The molecule has 23 heteroatoms. The Morgan fingerprint density at radius 3 is 1.78 bits per heavy atom. The lowest BCUT2D eigenvalue weighted by Crippen LogP contribution is -2.60. The summed E-state index contributed by atoms with van der Waals surface area (Å²) in [5, 5.41) is 12.6. The second kappa shape index (κ2) is 27.3. The van der Waals surface area contributed by atoms with E-state index in [2.05, 4.69) is 31.3 Å². The topological polar surface area (TPSA) is 372 Å². The molecular weight excluding hydrogens is 909 g/mol. The molecule has 16 N–H and O–H groups in total. The monoisotopic (exact) mass is 972 g/mol. The summed E-state index contributed by atoms with van der Waals surface area (Å²) in [6.07, 6.45) is 0.601. The highest BCUT2D eigenvalue weighted by molar-refractivity contribution is 7.10. The van der Waals surface area contributed by atoms with Gasteiger partial charge in [-0.1, -0.05) is 66.7 Å². The minimum Gasteiger partial charge on any atom is -0.370 e. The molecule has 1 aliphatic rings. The maximum atomic E-state index is 14.7. The number of carbonyl (C=O) groups excluding carboxylic acids is 8. The summed E-state index contributed by atoms with van der Waals surface area (Å²) in [6, 6.07) is 14.4. The Labute approximate surface area is 404 Å². The van der Waals surface area contributed by atoms with Crippen LogP contribution in [0.1, 0.15) is 60.9 Å². The molecule has 1 fully saturated rings. The number of primary amides is 2. The highest BCUT2D eigenvalue weighted by Gasteiger charge is 2.40. The van der Waals surface area contributed by atoms with Crippen LogP contribution < -0.4 is 55.7 Å². The van der Waals surface area contributed by atoms with Crippen LogP contribution in [-0.4, -0.2) is 132 Å². The van der Waals surface area contributed by atoms with Crippen LogP contribution >= 0.6 is 11.3 Å². The van der Waals surface area contributed by atoms with Gasteiger partial charge < -0.3 is 65.5 Å². The lowest BCUT2D eigenvalue weighted by molar-refractivity contribution is -0.143. The van der Waals surface area contributed by atoms with Crippen molar-refractivity contribution in [2.75, 3.05) is 26.7 Å². The van der Waals surface area contributed by atoms with Crippen molar-refractivity contribution >= 4 is 70.5 Å². The molecule has 0 bridgehead atoms. The van der Waals surface area contributed by atoms with Crippen LogP contribution in [0.25, 0.3) is 0 Å². The number of benzene rings is 2. The number of likely N-dealkylation sites (tertiary alicyclic amines) is 1. The molecular formula is C46H64N14O8S. The Bertz CT molecular complexity index is 2270. The van der Waals surface area contributed by atoms with Gasteiger partial charge in [-0.15, -0.1) is 11.3 Å². The molecule has 4 rings (SSSR count). The van der Waals surface area contributed by atoms with Gasteiger partial charge >= 0.3 is 0 Å². The second-order valence-electron chi connectivity index (χ2n) is 16.6. The van der Waals surface area contributed by atoms with Crippen LogP contribution in [-0.2, 0) is 57.6 Å². The first kappa shape index (κ1) is 54.0. The van der Waals surface area contributed by atoms with E-state index >= 15 is 0 Å². The molecule has 0 radical (unpaired) electrons. The molecule has 0 spiro atoms. The fourth-order valence-corrected chi connectivity index (χ4v) is 8.40. The van der Waals surface area contributed by atoms with Crippen molar-refractivity contribution in [1.29, 1.82) is 0 Å². The normalized spacial score (nSPS) is 15.2. The third-order valence-corrected chi connectivity index (χ3v) is 12.2. The first-order valence-corrected chi connectivity index (χ1v) is 23.4. The molecule has 0 unspecified atom stereocenters. The smallest absolute Gasteiger partial charge is 0.245 e. The van der Waals surface area contributed by atoms with E-state index in [1.54, 1.807) is 37.4 Å². The third kappa shape index (κ3) is 17.9. The second-order valence-corrected chi connectivity index (χ2v) is 17.6. The summed E-state index contributed by atoms with van der Waals surface area (Å²) < 4.78 is 0. The third-order valence-electron chi connectivity index (χ3n) is 11.3. The largest absolute Gasteiger partial charge is 0.370 e. The van der Waals surface area contributed by atoms with E-state index in [1.165, 1.54) is 21.1 Å². The van der Waals surface area contributed by atoms with Crippen LogP contribution in [0.2, 0.25) is 0 Å².